The molecule has 0 aromatic rings. The van der Waals surface area contributed by atoms with Gasteiger partial charge in [-0.15, -0.1) is 0 Å². The minimum Gasteiger partial charge on any atom is -0.361 e. The molecule has 21 heavy (non-hydrogen) atoms. The van der Waals surface area contributed by atoms with Crippen LogP contribution in [0.3, 0.4) is 0 Å². The summed E-state index contributed by atoms with van der Waals surface area (Å²) in [4.78, 5) is 0. The largest absolute Gasteiger partial charge is 0.414 e. The molecule has 1 saturated carbocycles. The smallest absolute Gasteiger partial charge is 0.361 e. The Morgan fingerprint density at radius 3 is 2.10 bits per heavy atom. The third kappa shape index (κ3) is 5.44. The van der Waals surface area contributed by atoms with E-state index in [0.29, 0.717) is 25.3 Å². The fourth-order valence-electron chi connectivity index (χ4n) is 3.14. The van der Waals surface area contributed by atoms with E-state index in [1.807, 2.05) is 6.92 Å². The van der Waals surface area contributed by atoms with Gasteiger partial charge in [0.15, 0.2) is 6.10 Å². The number of hydrogen-bond donors (Lipinski definition) is 1. The average molecular weight is 309 g/mol. The zero-order valence-corrected chi connectivity index (χ0v) is 13.9. The Labute approximate surface area is 126 Å². The Hall–Kier alpha value is -0.290. The lowest BCUT2D eigenvalue weighted by Crippen LogP contribution is -2.50. The van der Waals surface area contributed by atoms with Gasteiger partial charge in [-0.25, -0.2) is 0 Å². The molecule has 0 heterocycles. The monoisotopic (exact) mass is 309 g/mol. The molecule has 1 aliphatic rings. The topological polar surface area (TPSA) is 21.3 Å². The number of halogens is 3. The molecule has 1 aliphatic carbocycles. The summed E-state index contributed by atoms with van der Waals surface area (Å²) < 4.78 is 44.0. The van der Waals surface area contributed by atoms with Gasteiger partial charge in [0.1, 0.15) is 0 Å². The van der Waals surface area contributed by atoms with Crippen molar-refractivity contribution < 1.29 is 17.9 Å². The van der Waals surface area contributed by atoms with Crippen molar-refractivity contribution in [3.8, 4) is 0 Å². The fourth-order valence-corrected chi connectivity index (χ4v) is 3.14. The van der Waals surface area contributed by atoms with Gasteiger partial charge in [-0.3, -0.25) is 0 Å². The molecule has 1 fully saturated rings. The van der Waals surface area contributed by atoms with Gasteiger partial charge >= 0.3 is 6.18 Å². The van der Waals surface area contributed by atoms with Crippen LogP contribution in [0.15, 0.2) is 0 Å². The summed E-state index contributed by atoms with van der Waals surface area (Å²) in [6.45, 7) is 10.9. The highest BCUT2D eigenvalue weighted by Crippen LogP contribution is 2.44. The maximum absolute atomic E-state index is 12.8. The summed E-state index contributed by atoms with van der Waals surface area (Å²) in [6.07, 6.45) is -2.74. The van der Waals surface area contributed by atoms with Crippen LogP contribution in [0.4, 0.5) is 13.2 Å². The molecule has 1 rings (SSSR count). The Morgan fingerprint density at radius 1 is 1.19 bits per heavy atom. The fraction of sp³-hybridized carbons (Fsp3) is 1.00. The van der Waals surface area contributed by atoms with Gasteiger partial charge in [0.25, 0.3) is 0 Å². The molecule has 0 amide bonds. The normalized spacial score (nSPS) is 29.4. The summed E-state index contributed by atoms with van der Waals surface area (Å²) in [5.74, 6) is 0.553. The molecule has 0 aromatic heterocycles. The Morgan fingerprint density at radius 2 is 1.71 bits per heavy atom. The molecule has 1 atom stereocenters. The van der Waals surface area contributed by atoms with Crippen LogP contribution in [-0.4, -0.2) is 31.0 Å². The van der Waals surface area contributed by atoms with E-state index in [4.69, 9.17) is 4.74 Å². The van der Waals surface area contributed by atoms with Crippen LogP contribution in [-0.2, 0) is 4.74 Å². The lowest BCUT2D eigenvalue weighted by atomic mass is 9.68. The van der Waals surface area contributed by atoms with Crippen molar-refractivity contribution in [1.82, 2.24) is 5.32 Å². The molecule has 5 heteroatoms. The number of alkyl halides is 3. The van der Waals surface area contributed by atoms with E-state index in [1.54, 1.807) is 0 Å². The minimum absolute atomic E-state index is 0.208. The van der Waals surface area contributed by atoms with Crippen molar-refractivity contribution in [1.29, 1.82) is 0 Å². The molecule has 0 radical (unpaired) electrons. The number of likely N-dealkylation sites (N-methyl/N-ethyl adjacent to an activating group) is 1. The van der Waals surface area contributed by atoms with E-state index >= 15 is 0 Å². The standard InChI is InChI=1S/C16H30F3NO/c1-6-20-11-15(21-12(2)16(17,18)19)9-7-13(8-10-15)14(3,4)5/h12-13,20H,6-11H2,1-5H3. The molecule has 0 spiro atoms. The van der Waals surface area contributed by atoms with Crippen LogP contribution in [0.5, 0.6) is 0 Å². The predicted octanol–water partition coefficient (Wildman–Crippen LogP) is 4.54. The van der Waals surface area contributed by atoms with Crippen LogP contribution in [0.2, 0.25) is 0 Å². The van der Waals surface area contributed by atoms with Crippen molar-refractivity contribution in [3.05, 3.63) is 0 Å². The third-order valence-electron chi connectivity index (χ3n) is 4.71. The highest BCUT2D eigenvalue weighted by Gasteiger charge is 2.45. The van der Waals surface area contributed by atoms with Gasteiger partial charge in [0.2, 0.25) is 0 Å². The Kier molecular flexibility index (Phi) is 6.13. The maximum atomic E-state index is 12.8. The molecule has 0 bridgehead atoms. The van der Waals surface area contributed by atoms with Crippen molar-refractivity contribution in [2.24, 2.45) is 11.3 Å². The summed E-state index contributed by atoms with van der Waals surface area (Å²) in [6, 6.07) is 0. The quantitative estimate of drug-likeness (QED) is 0.805. The molecule has 0 saturated heterocycles. The number of ether oxygens (including phenoxy) is 1. The van der Waals surface area contributed by atoms with Gasteiger partial charge in [0, 0.05) is 6.54 Å². The van der Waals surface area contributed by atoms with E-state index in [1.165, 1.54) is 0 Å². The van der Waals surface area contributed by atoms with Crippen molar-refractivity contribution >= 4 is 0 Å². The van der Waals surface area contributed by atoms with Crippen LogP contribution < -0.4 is 5.32 Å². The van der Waals surface area contributed by atoms with Crippen LogP contribution in [0.25, 0.3) is 0 Å². The van der Waals surface area contributed by atoms with Gasteiger partial charge in [-0.2, -0.15) is 13.2 Å². The second-order valence-corrected chi connectivity index (χ2v) is 7.41. The molecule has 1 unspecified atom stereocenters. The second-order valence-electron chi connectivity index (χ2n) is 7.41. The zero-order valence-electron chi connectivity index (χ0n) is 13.9. The highest BCUT2D eigenvalue weighted by molar-refractivity contribution is 4.93. The van der Waals surface area contributed by atoms with Gasteiger partial charge in [-0.05, 0) is 50.5 Å². The number of rotatable bonds is 5. The van der Waals surface area contributed by atoms with E-state index in [-0.39, 0.29) is 5.41 Å². The summed E-state index contributed by atoms with van der Waals surface area (Å²) in [5.41, 5.74) is -0.466. The summed E-state index contributed by atoms with van der Waals surface area (Å²) >= 11 is 0. The zero-order chi connectivity index (χ0) is 16.3. The lowest BCUT2D eigenvalue weighted by molar-refractivity contribution is -0.253. The van der Waals surface area contributed by atoms with Crippen LogP contribution >= 0.6 is 0 Å². The first-order valence-corrected chi connectivity index (χ1v) is 7.95. The molecule has 0 aliphatic heterocycles. The first-order chi connectivity index (χ1) is 9.50. The molecular formula is C16H30F3NO. The summed E-state index contributed by atoms with van der Waals surface area (Å²) in [7, 11) is 0. The third-order valence-corrected chi connectivity index (χ3v) is 4.71. The van der Waals surface area contributed by atoms with Crippen molar-refractivity contribution in [2.45, 2.75) is 78.2 Å². The van der Waals surface area contributed by atoms with E-state index in [2.05, 4.69) is 26.1 Å². The predicted molar refractivity (Wildman–Crippen MR) is 79.3 cm³/mol. The molecule has 0 aromatic carbocycles. The molecule has 1 N–H and O–H groups in total. The van der Waals surface area contributed by atoms with E-state index in [0.717, 1.165) is 26.3 Å². The first kappa shape index (κ1) is 18.8. The molecular weight excluding hydrogens is 279 g/mol. The molecule has 126 valence electrons. The van der Waals surface area contributed by atoms with Gasteiger partial charge < -0.3 is 10.1 Å². The minimum atomic E-state index is -4.29. The van der Waals surface area contributed by atoms with E-state index < -0.39 is 17.9 Å². The van der Waals surface area contributed by atoms with Crippen molar-refractivity contribution in [2.75, 3.05) is 13.1 Å². The lowest BCUT2D eigenvalue weighted by Gasteiger charge is -2.45. The van der Waals surface area contributed by atoms with Crippen molar-refractivity contribution in [3.63, 3.8) is 0 Å². The SMILES string of the molecule is CCNCC1(OC(C)C(F)(F)F)CCC(C(C)(C)C)CC1. The average Bonchev–Trinajstić information content (AvgIpc) is 2.35. The number of nitrogens with one attached hydrogen (secondary N) is 1. The van der Waals surface area contributed by atoms with Gasteiger partial charge in [0.05, 0.1) is 5.60 Å². The van der Waals surface area contributed by atoms with Crippen LogP contribution in [0, 0.1) is 11.3 Å². The Balaban J connectivity index is 2.74. The highest BCUT2D eigenvalue weighted by atomic mass is 19.4. The summed E-state index contributed by atoms with van der Waals surface area (Å²) in [5, 5.41) is 3.18. The van der Waals surface area contributed by atoms with Gasteiger partial charge in [-0.1, -0.05) is 27.7 Å². The first-order valence-electron chi connectivity index (χ1n) is 7.95. The molecule has 2 nitrogen and oxygen atoms in total. The second kappa shape index (κ2) is 6.86. The Bertz CT molecular complexity index is 314. The number of hydrogen-bond acceptors (Lipinski definition) is 2. The van der Waals surface area contributed by atoms with Crippen LogP contribution in [0.1, 0.15) is 60.3 Å². The maximum Gasteiger partial charge on any atom is 0.414 e. The van der Waals surface area contributed by atoms with E-state index in [9.17, 15) is 13.2 Å².